The molecule has 1 heterocycles. The fraction of sp³-hybridized carbons (Fsp3) is 0.500. The van der Waals surface area contributed by atoms with Crippen molar-refractivity contribution in [2.75, 3.05) is 6.79 Å². The number of Topliss-reactive ketones (excluding diaryl/α,β-unsaturated/α-hetero) is 1. The molecule has 1 aromatic carbocycles. The molecule has 1 atom stereocenters. The minimum absolute atomic E-state index is 0.0101. The molecule has 0 amide bonds. The van der Waals surface area contributed by atoms with Crippen molar-refractivity contribution in [3.63, 3.8) is 0 Å². The summed E-state index contributed by atoms with van der Waals surface area (Å²) in [5, 5.41) is 2.87. The van der Waals surface area contributed by atoms with Gasteiger partial charge in [-0.2, -0.15) is 4.91 Å². The Balaban J connectivity index is 2.28. The molecule has 0 bridgehead atoms. The van der Waals surface area contributed by atoms with Crippen LogP contribution in [0.4, 0.5) is 0 Å². The summed E-state index contributed by atoms with van der Waals surface area (Å²) in [6, 6.07) is 1.50. The van der Waals surface area contributed by atoms with Crippen LogP contribution in [0.15, 0.2) is 11.2 Å². The van der Waals surface area contributed by atoms with E-state index >= 15 is 0 Å². The normalized spacial score (nSPS) is 15.8. The average molecular weight is 444 g/mol. The van der Waals surface area contributed by atoms with Crippen LogP contribution in [-0.2, 0) is 25.5 Å². The first-order valence-corrected chi connectivity index (χ1v) is 9.55. The van der Waals surface area contributed by atoms with Crippen molar-refractivity contribution in [1.29, 1.82) is 0 Å². The Morgan fingerprint density at radius 3 is 2.48 bits per heavy atom. The van der Waals surface area contributed by atoms with Gasteiger partial charge < -0.3 is 18.9 Å². The minimum atomic E-state index is -1.17. The molecule has 0 fully saturated rings. The van der Waals surface area contributed by atoms with E-state index in [0.717, 1.165) is 0 Å². The lowest BCUT2D eigenvalue weighted by atomic mass is 9.61. The van der Waals surface area contributed by atoms with Crippen molar-refractivity contribution in [2.24, 2.45) is 10.5 Å². The van der Waals surface area contributed by atoms with E-state index in [0.29, 0.717) is 5.56 Å². The van der Waals surface area contributed by atoms with Gasteiger partial charge in [-0.05, 0) is 45.7 Å². The van der Waals surface area contributed by atoms with E-state index in [1.54, 1.807) is 20.8 Å². The number of hydrogen-bond acceptors (Lipinski definition) is 8. The van der Waals surface area contributed by atoms with E-state index in [1.165, 1.54) is 13.0 Å². The van der Waals surface area contributed by atoms with Crippen molar-refractivity contribution in [3.05, 3.63) is 32.1 Å². The number of rotatable bonds is 6. The van der Waals surface area contributed by atoms with Crippen LogP contribution in [0.3, 0.4) is 0 Å². The SMILES string of the molecule is CC(=O)C[C@H]1Cc2cc(Cl)c(Cl)c(C(=O)OCOC(=O)C(C)(C)C)c2OB1N=O. The van der Waals surface area contributed by atoms with E-state index in [9.17, 15) is 19.3 Å². The molecule has 1 aliphatic heterocycles. The maximum atomic E-state index is 12.6. The molecule has 0 aromatic heterocycles. The number of nitroso groups, excluding NO2 is 1. The van der Waals surface area contributed by atoms with Crippen molar-refractivity contribution < 1.29 is 28.5 Å². The summed E-state index contributed by atoms with van der Waals surface area (Å²) in [5.74, 6) is -2.11. The Labute approximate surface area is 178 Å². The molecule has 2 rings (SSSR count). The minimum Gasteiger partial charge on any atom is -0.537 e. The number of esters is 2. The van der Waals surface area contributed by atoms with Crippen LogP contribution in [0.1, 0.15) is 50.0 Å². The number of ketones is 1. The molecule has 8 nitrogen and oxygen atoms in total. The average Bonchev–Trinajstić information content (AvgIpc) is 2.61. The molecule has 1 aromatic rings. The Morgan fingerprint density at radius 2 is 1.93 bits per heavy atom. The van der Waals surface area contributed by atoms with Crippen LogP contribution in [0.5, 0.6) is 5.75 Å². The Hall–Kier alpha value is -2.13. The third-order valence-corrected chi connectivity index (χ3v) is 5.01. The van der Waals surface area contributed by atoms with E-state index < -0.39 is 37.0 Å². The van der Waals surface area contributed by atoms with E-state index in [1.807, 2.05) is 0 Å². The predicted molar refractivity (Wildman–Crippen MR) is 107 cm³/mol. The van der Waals surface area contributed by atoms with Gasteiger partial charge in [0.1, 0.15) is 17.1 Å². The highest BCUT2D eigenvalue weighted by molar-refractivity contribution is 6.53. The zero-order valence-corrected chi connectivity index (χ0v) is 17.9. The van der Waals surface area contributed by atoms with E-state index in [-0.39, 0.29) is 40.0 Å². The zero-order chi connectivity index (χ0) is 21.9. The van der Waals surface area contributed by atoms with Gasteiger partial charge in [-0.3, -0.25) is 4.79 Å². The van der Waals surface area contributed by atoms with Crippen LogP contribution in [0, 0.1) is 10.3 Å². The van der Waals surface area contributed by atoms with Crippen molar-refractivity contribution in [3.8, 4) is 5.75 Å². The van der Waals surface area contributed by atoms with Crippen LogP contribution < -0.4 is 4.65 Å². The number of carbonyl (C=O) groups excluding carboxylic acids is 3. The molecule has 29 heavy (non-hydrogen) atoms. The number of halogens is 2. The summed E-state index contributed by atoms with van der Waals surface area (Å²) in [4.78, 5) is 47.0. The van der Waals surface area contributed by atoms with Gasteiger partial charge >= 0.3 is 19.0 Å². The summed E-state index contributed by atoms with van der Waals surface area (Å²) in [6.07, 6.45) is 0.320. The zero-order valence-electron chi connectivity index (χ0n) is 16.4. The lowest BCUT2D eigenvalue weighted by Gasteiger charge is -2.28. The number of nitrogens with zero attached hydrogens (tertiary/aromatic N) is 1. The maximum absolute atomic E-state index is 12.6. The lowest BCUT2D eigenvalue weighted by Crippen LogP contribution is -2.34. The van der Waals surface area contributed by atoms with Gasteiger partial charge in [0.2, 0.25) is 6.79 Å². The fourth-order valence-electron chi connectivity index (χ4n) is 2.81. The topological polar surface area (TPSA) is 108 Å². The molecule has 0 saturated carbocycles. The largest absolute Gasteiger partial charge is 0.550 e. The van der Waals surface area contributed by atoms with E-state index in [4.69, 9.17) is 37.3 Å². The molecule has 0 spiro atoms. The van der Waals surface area contributed by atoms with Crippen molar-refractivity contribution >= 4 is 48.0 Å². The summed E-state index contributed by atoms with van der Waals surface area (Å²) in [7, 11) is -1.17. The summed E-state index contributed by atoms with van der Waals surface area (Å²) in [6.45, 7) is 5.72. The highest BCUT2D eigenvalue weighted by Gasteiger charge is 2.41. The molecule has 11 heteroatoms. The Morgan fingerprint density at radius 1 is 1.28 bits per heavy atom. The van der Waals surface area contributed by atoms with E-state index in [2.05, 4.69) is 5.09 Å². The van der Waals surface area contributed by atoms with Crippen LogP contribution in [0.25, 0.3) is 0 Å². The molecule has 0 saturated heterocycles. The first-order chi connectivity index (χ1) is 13.5. The standard InChI is InChI=1S/C18H20BCl2NO7/c1-9(23)5-11-6-10-7-12(20)14(21)13(15(10)29-19(11)22-26)16(24)27-8-28-17(25)18(2,3)4/h7,11H,5-6,8H2,1-4H3/t11-/m0/s1. The van der Waals surface area contributed by atoms with Gasteiger partial charge in [0.25, 0.3) is 0 Å². The van der Waals surface area contributed by atoms with Crippen LogP contribution >= 0.6 is 23.2 Å². The number of benzene rings is 1. The van der Waals surface area contributed by atoms with Gasteiger partial charge in [0.05, 0.1) is 15.5 Å². The Bertz CT molecular complexity index is 854. The summed E-state index contributed by atoms with van der Waals surface area (Å²) >= 11 is 12.3. The van der Waals surface area contributed by atoms with Gasteiger partial charge in [-0.25, -0.2) is 4.79 Å². The molecule has 0 N–H and O–H groups in total. The Kier molecular flexibility index (Phi) is 7.29. The maximum Gasteiger partial charge on any atom is 0.550 e. The monoisotopic (exact) mass is 443 g/mol. The quantitative estimate of drug-likeness (QED) is 0.280. The number of carbonyl (C=O) groups is 3. The second-order valence-electron chi connectivity index (χ2n) is 7.75. The predicted octanol–water partition coefficient (Wildman–Crippen LogP) is 4.24. The van der Waals surface area contributed by atoms with Gasteiger partial charge in [-0.1, -0.05) is 28.3 Å². The molecular weight excluding hydrogens is 424 g/mol. The molecular formula is C18H20BCl2NO7. The molecule has 0 aliphatic carbocycles. The summed E-state index contributed by atoms with van der Waals surface area (Å²) in [5.41, 5.74) is -0.475. The van der Waals surface area contributed by atoms with Crippen molar-refractivity contribution in [1.82, 2.24) is 0 Å². The highest BCUT2D eigenvalue weighted by Crippen LogP contribution is 2.43. The molecule has 0 radical (unpaired) electrons. The highest BCUT2D eigenvalue weighted by atomic mass is 35.5. The number of fused-ring (bicyclic) bond motifs is 1. The fourth-order valence-corrected chi connectivity index (χ4v) is 3.25. The van der Waals surface area contributed by atoms with Gasteiger partial charge in [-0.15, -0.1) is 0 Å². The number of ether oxygens (including phenoxy) is 2. The third-order valence-electron chi connectivity index (χ3n) is 4.22. The summed E-state index contributed by atoms with van der Waals surface area (Å²) < 4.78 is 15.5. The molecule has 156 valence electrons. The smallest absolute Gasteiger partial charge is 0.537 e. The first-order valence-electron chi connectivity index (χ1n) is 8.79. The van der Waals surface area contributed by atoms with Gasteiger partial charge in [0.15, 0.2) is 0 Å². The lowest BCUT2D eigenvalue weighted by molar-refractivity contribution is -0.161. The number of hydrogen-bond donors (Lipinski definition) is 0. The first kappa shape index (κ1) is 23.2. The van der Waals surface area contributed by atoms with Gasteiger partial charge in [0, 0.05) is 12.2 Å². The molecule has 1 aliphatic rings. The van der Waals surface area contributed by atoms with Crippen molar-refractivity contribution in [2.45, 2.75) is 46.4 Å². The second kappa shape index (κ2) is 9.13. The molecule has 0 unspecified atom stereocenters. The van der Waals surface area contributed by atoms with Crippen LogP contribution in [0.2, 0.25) is 15.9 Å². The third kappa shape index (κ3) is 5.48. The second-order valence-corrected chi connectivity index (χ2v) is 8.54. The van der Waals surface area contributed by atoms with Crippen LogP contribution in [-0.4, -0.2) is 31.6 Å².